The molecule has 3 aromatic rings. The van der Waals surface area contributed by atoms with Crippen molar-refractivity contribution < 1.29 is 13.5 Å². The predicted molar refractivity (Wildman–Crippen MR) is 145 cm³/mol. The molecule has 5 N–H and O–H groups in total. The summed E-state index contributed by atoms with van der Waals surface area (Å²) in [6, 6.07) is 9.16. The van der Waals surface area contributed by atoms with Gasteiger partial charge < -0.3 is 21.1 Å². The second-order valence-electron chi connectivity index (χ2n) is 10.1. The standard InChI is InChI=1S/C25H36N8O3S/c1-4-21-20-13-24-28-23(32-10-8-17(26)15-32)14-22(33(24)29-20)27-9-5-11-37(35,36)30-19-7-6-16(2)12-18(19)25(34)31(21)3/h6-7,12-14,17,21,25,27,30,34H,4-5,8-11,15,26H2,1-3H3/t17-,21?,25?/m0/s1. The number of nitrogens with zero attached hydrogens (tertiary/aromatic N) is 5. The van der Waals surface area contributed by atoms with Gasteiger partial charge in [-0.15, -0.1) is 0 Å². The number of hydrogen-bond donors (Lipinski definition) is 4. The molecule has 0 aliphatic carbocycles. The summed E-state index contributed by atoms with van der Waals surface area (Å²) in [6.45, 7) is 5.96. The van der Waals surface area contributed by atoms with Gasteiger partial charge >= 0.3 is 0 Å². The maximum absolute atomic E-state index is 12.9. The number of nitrogens with one attached hydrogen (secondary N) is 2. The average molecular weight is 529 g/mol. The molecule has 2 unspecified atom stereocenters. The van der Waals surface area contributed by atoms with E-state index in [-0.39, 0.29) is 17.8 Å². The first kappa shape index (κ1) is 25.7. The quantitative estimate of drug-likeness (QED) is 0.394. The SMILES string of the molecule is CCC1c2cc3nc(N4CC[C@H](N)C4)cc(n3n2)NCCCS(=O)(=O)Nc2ccc(C)cc2C(O)N1C. The van der Waals surface area contributed by atoms with E-state index in [4.69, 9.17) is 15.8 Å². The van der Waals surface area contributed by atoms with Crippen LogP contribution < -0.4 is 20.7 Å². The number of aromatic nitrogens is 3. The number of fused-ring (bicyclic) bond motifs is 2. The molecule has 200 valence electrons. The minimum absolute atomic E-state index is 0.0662. The Bertz CT molecular complexity index is 1390. The van der Waals surface area contributed by atoms with Crippen molar-refractivity contribution in [3.8, 4) is 0 Å². The van der Waals surface area contributed by atoms with Gasteiger partial charge in [-0.2, -0.15) is 9.61 Å². The van der Waals surface area contributed by atoms with Crippen LogP contribution in [0.1, 0.15) is 55.3 Å². The summed E-state index contributed by atoms with van der Waals surface area (Å²) in [6.07, 6.45) is 0.927. The third kappa shape index (κ3) is 5.24. The number of aliphatic hydroxyl groups excluding tert-OH is 1. The van der Waals surface area contributed by atoms with Gasteiger partial charge in [-0.3, -0.25) is 9.62 Å². The van der Waals surface area contributed by atoms with E-state index in [1.165, 1.54) is 0 Å². The Morgan fingerprint density at radius 2 is 2.05 bits per heavy atom. The lowest BCUT2D eigenvalue weighted by molar-refractivity contribution is -0.0109. The van der Waals surface area contributed by atoms with Gasteiger partial charge in [0.1, 0.15) is 17.9 Å². The molecule has 0 spiro atoms. The number of rotatable bonds is 2. The van der Waals surface area contributed by atoms with Crippen LogP contribution >= 0.6 is 0 Å². The molecule has 0 amide bonds. The number of aryl methyl sites for hydroxylation is 1. The molecular weight excluding hydrogens is 492 g/mol. The molecule has 2 aromatic heterocycles. The van der Waals surface area contributed by atoms with Gasteiger partial charge in [0.2, 0.25) is 10.0 Å². The Balaban J connectivity index is 1.61. The highest BCUT2D eigenvalue weighted by Gasteiger charge is 2.29. The number of benzene rings is 1. The number of anilines is 3. The molecule has 2 bridgehead atoms. The fraction of sp³-hybridized carbons (Fsp3) is 0.520. The first-order chi connectivity index (χ1) is 17.6. The van der Waals surface area contributed by atoms with Crippen LogP contribution in [0.15, 0.2) is 30.3 Å². The van der Waals surface area contributed by atoms with Crippen molar-refractivity contribution in [3.05, 3.63) is 47.2 Å². The first-order valence-corrected chi connectivity index (χ1v) is 14.5. The molecule has 3 atom stereocenters. The third-order valence-corrected chi connectivity index (χ3v) is 8.59. The minimum atomic E-state index is -3.63. The van der Waals surface area contributed by atoms with E-state index >= 15 is 0 Å². The molecule has 2 aliphatic rings. The maximum atomic E-state index is 12.9. The van der Waals surface area contributed by atoms with Crippen molar-refractivity contribution in [2.75, 3.05) is 47.4 Å². The summed E-state index contributed by atoms with van der Waals surface area (Å²) >= 11 is 0. The molecule has 1 saturated heterocycles. The summed E-state index contributed by atoms with van der Waals surface area (Å²) in [7, 11) is -1.80. The van der Waals surface area contributed by atoms with Gasteiger partial charge in [0, 0.05) is 43.4 Å². The molecule has 4 heterocycles. The van der Waals surface area contributed by atoms with Crippen LogP contribution in [-0.2, 0) is 10.0 Å². The van der Waals surface area contributed by atoms with E-state index in [1.54, 1.807) is 10.6 Å². The van der Waals surface area contributed by atoms with Crippen molar-refractivity contribution in [2.45, 2.75) is 51.4 Å². The molecule has 0 radical (unpaired) electrons. The van der Waals surface area contributed by atoms with Crippen LogP contribution in [0, 0.1) is 6.92 Å². The largest absolute Gasteiger partial charge is 0.374 e. The molecule has 5 rings (SSSR count). The highest BCUT2D eigenvalue weighted by molar-refractivity contribution is 7.92. The third-order valence-electron chi connectivity index (χ3n) is 7.23. The normalized spacial score (nSPS) is 24.8. The fourth-order valence-corrected chi connectivity index (χ4v) is 6.35. The molecule has 11 nitrogen and oxygen atoms in total. The highest BCUT2D eigenvalue weighted by Crippen LogP contribution is 2.35. The van der Waals surface area contributed by atoms with Crippen molar-refractivity contribution in [1.82, 2.24) is 19.5 Å². The first-order valence-electron chi connectivity index (χ1n) is 12.8. The van der Waals surface area contributed by atoms with E-state index in [0.29, 0.717) is 36.3 Å². The maximum Gasteiger partial charge on any atom is 0.232 e. The lowest BCUT2D eigenvalue weighted by Gasteiger charge is -2.31. The summed E-state index contributed by atoms with van der Waals surface area (Å²) in [5.41, 5.74) is 9.43. The van der Waals surface area contributed by atoms with Crippen LogP contribution in [0.3, 0.4) is 0 Å². The van der Waals surface area contributed by atoms with E-state index in [1.807, 2.05) is 50.1 Å². The van der Waals surface area contributed by atoms with E-state index in [2.05, 4.69) is 14.9 Å². The fourth-order valence-electron chi connectivity index (χ4n) is 5.21. The van der Waals surface area contributed by atoms with Crippen molar-refractivity contribution >= 4 is 33.0 Å². The summed E-state index contributed by atoms with van der Waals surface area (Å²) in [5.74, 6) is 1.49. The Hall–Kier alpha value is -2.93. The Labute approximate surface area is 217 Å². The second kappa shape index (κ2) is 10.1. The van der Waals surface area contributed by atoms with Gasteiger partial charge in [0.05, 0.1) is 23.2 Å². The number of nitrogens with two attached hydrogens (primary N) is 1. The molecule has 2 aliphatic heterocycles. The zero-order valence-corrected chi connectivity index (χ0v) is 22.4. The van der Waals surface area contributed by atoms with E-state index in [9.17, 15) is 13.5 Å². The summed E-state index contributed by atoms with van der Waals surface area (Å²) in [5, 5.41) is 19.7. The molecule has 1 aromatic carbocycles. The van der Waals surface area contributed by atoms with Gasteiger partial charge in [-0.05, 0) is 39.3 Å². The Kier molecular flexibility index (Phi) is 7.01. The van der Waals surface area contributed by atoms with Gasteiger partial charge in [0.25, 0.3) is 0 Å². The van der Waals surface area contributed by atoms with Crippen molar-refractivity contribution in [1.29, 1.82) is 0 Å². The van der Waals surface area contributed by atoms with Crippen LogP contribution in [-0.4, -0.2) is 71.5 Å². The molecule has 1 fully saturated rings. The van der Waals surface area contributed by atoms with Gasteiger partial charge in [-0.25, -0.2) is 13.4 Å². The van der Waals surface area contributed by atoms with Crippen molar-refractivity contribution in [3.63, 3.8) is 0 Å². The zero-order valence-electron chi connectivity index (χ0n) is 21.6. The van der Waals surface area contributed by atoms with Crippen molar-refractivity contribution in [2.24, 2.45) is 5.73 Å². The monoisotopic (exact) mass is 528 g/mol. The number of sulfonamides is 1. The summed E-state index contributed by atoms with van der Waals surface area (Å²) in [4.78, 5) is 8.87. The lowest BCUT2D eigenvalue weighted by Crippen LogP contribution is -2.30. The second-order valence-corrected chi connectivity index (χ2v) is 11.9. The highest BCUT2D eigenvalue weighted by atomic mass is 32.2. The number of hydrogen-bond acceptors (Lipinski definition) is 9. The smallest absolute Gasteiger partial charge is 0.232 e. The van der Waals surface area contributed by atoms with E-state index < -0.39 is 16.3 Å². The minimum Gasteiger partial charge on any atom is -0.374 e. The Morgan fingerprint density at radius 1 is 1.24 bits per heavy atom. The molecule has 12 heteroatoms. The van der Waals surface area contributed by atoms with E-state index in [0.717, 1.165) is 42.4 Å². The van der Waals surface area contributed by atoms with Crippen LogP contribution in [0.2, 0.25) is 0 Å². The predicted octanol–water partition coefficient (Wildman–Crippen LogP) is 2.21. The molecule has 0 saturated carbocycles. The molecule has 37 heavy (non-hydrogen) atoms. The average Bonchev–Trinajstić information content (AvgIpc) is 3.48. The van der Waals surface area contributed by atoms with Gasteiger partial charge in [-0.1, -0.05) is 24.6 Å². The zero-order chi connectivity index (χ0) is 26.3. The van der Waals surface area contributed by atoms with Crippen LogP contribution in [0.5, 0.6) is 0 Å². The Morgan fingerprint density at radius 3 is 2.78 bits per heavy atom. The topological polar surface area (TPSA) is 141 Å². The lowest BCUT2D eigenvalue weighted by atomic mass is 10.0. The van der Waals surface area contributed by atoms with Gasteiger partial charge in [0.15, 0.2) is 5.65 Å². The van der Waals surface area contributed by atoms with Crippen LogP contribution in [0.4, 0.5) is 17.3 Å². The summed E-state index contributed by atoms with van der Waals surface area (Å²) < 4.78 is 30.3. The van der Waals surface area contributed by atoms with Crippen LogP contribution in [0.25, 0.3) is 5.65 Å². The number of aliphatic hydroxyl groups is 1. The molecular formula is C25H36N8O3S.